The van der Waals surface area contributed by atoms with E-state index in [4.69, 9.17) is 9.47 Å². The lowest BCUT2D eigenvalue weighted by molar-refractivity contribution is 0.0832. The zero-order valence-electron chi connectivity index (χ0n) is 18.3. The van der Waals surface area contributed by atoms with Crippen molar-refractivity contribution in [3.8, 4) is 11.5 Å². The molecule has 2 aliphatic heterocycles. The lowest BCUT2D eigenvalue weighted by Crippen LogP contribution is -2.34. The van der Waals surface area contributed by atoms with Crippen molar-refractivity contribution in [2.45, 2.75) is 34.2 Å². The highest BCUT2D eigenvalue weighted by Crippen LogP contribution is 2.42. The first-order valence-corrected chi connectivity index (χ1v) is 10.8. The maximum Gasteiger partial charge on any atom is 0.231 e. The van der Waals surface area contributed by atoms with E-state index in [1.165, 1.54) is 5.69 Å². The first-order valence-electron chi connectivity index (χ1n) is 10.8. The van der Waals surface area contributed by atoms with Gasteiger partial charge in [-0.25, -0.2) is 0 Å². The Morgan fingerprint density at radius 2 is 1.83 bits per heavy atom. The van der Waals surface area contributed by atoms with E-state index in [0.29, 0.717) is 29.7 Å². The molecule has 0 fully saturated rings. The second-order valence-electron chi connectivity index (χ2n) is 8.30. The number of fused-ring (bicyclic) bond motifs is 3. The number of benzene rings is 2. The second-order valence-corrected chi connectivity index (χ2v) is 8.30. The Balaban J connectivity index is 1.58. The number of rotatable bonds is 6. The second kappa shape index (κ2) is 8.52. The summed E-state index contributed by atoms with van der Waals surface area (Å²) < 4.78 is 12.0. The van der Waals surface area contributed by atoms with Gasteiger partial charge < -0.3 is 14.4 Å². The molecule has 2 aromatic carbocycles. The van der Waals surface area contributed by atoms with Crippen molar-refractivity contribution in [3.63, 3.8) is 0 Å². The quantitative estimate of drug-likeness (QED) is 0.635. The van der Waals surface area contributed by atoms with E-state index < -0.39 is 0 Å². The summed E-state index contributed by atoms with van der Waals surface area (Å²) in [6.45, 7) is 12.9. The Labute approximate surface area is 178 Å². The number of ether oxygens (including phenoxy) is 2. The fourth-order valence-corrected chi connectivity index (χ4v) is 4.16. The van der Waals surface area contributed by atoms with Gasteiger partial charge in [0.1, 0.15) is 18.2 Å². The molecule has 4 rings (SSSR count). The molecule has 0 spiro atoms. The summed E-state index contributed by atoms with van der Waals surface area (Å²) in [5, 5.41) is 0. The molecule has 30 heavy (non-hydrogen) atoms. The summed E-state index contributed by atoms with van der Waals surface area (Å²) in [5.41, 5.74) is 3.72. The van der Waals surface area contributed by atoms with E-state index in [1.807, 2.05) is 30.3 Å². The molecular formula is C25H30N2O3. The van der Waals surface area contributed by atoms with Crippen molar-refractivity contribution in [2.24, 2.45) is 5.92 Å². The standard InChI is InChI=1S/C25H30N2O3/c1-5-27(6-2)19-9-7-18(8-10-19)13-23-24(28)20-11-12-22-21(25(20)30-23)15-26(16-29-22)14-17(3)4/h7-13,17H,5-6,14-16H2,1-4H3/b23-13-. The van der Waals surface area contributed by atoms with Crippen molar-refractivity contribution >= 4 is 17.5 Å². The van der Waals surface area contributed by atoms with Gasteiger partial charge in [0.25, 0.3) is 0 Å². The van der Waals surface area contributed by atoms with Crippen molar-refractivity contribution in [1.29, 1.82) is 0 Å². The fourth-order valence-electron chi connectivity index (χ4n) is 4.16. The average molecular weight is 407 g/mol. The van der Waals surface area contributed by atoms with Crippen molar-refractivity contribution < 1.29 is 14.3 Å². The monoisotopic (exact) mass is 406 g/mol. The van der Waals surface area contributed by atoms with E-state index in [-0.39, 0.29) is 5.78 Å². The Bertz CT molecular complexity index is 959. The number of anilines is 1. The number of ketones is 1. The molecule has 2 heterocycles. The maximum atomic E-state index is 13.0. The molecule has 0 saturated heterocycles. The summed E-state index contributed by atoms with van der Waals surface area (Å²) in [6, 6.07) is 12.0. The van der Waals surface area contributed by atoms with Crippen LogP contribution in [0.2, 0.25) is 0 Å². The molecule has 5 nitrogen and oxygen atoms in total. The lowest BCUT2D eigenvalue weighted by Gasteiger charge is -2.30. The van der Waals surface area contributed by atoms with Gasteiger partial charge in [0.2, 0.25) is 5.78 Å². The molecule has 2 aromatic rings. The minimum atomic E-state index is -0.0680. The van der Waals surface area contributed by atoms with Gasteiger partial charge in [-0.15, -0.1) is 0 Å². The highest BCUT2D eigenvalue weighted by Gasteiger charge is 2.33. The van der Waals surface area contributed by atoms with Gasteiger partial charge in [0, 0.05) is 31.9 Å². The number of allylic oxidation sites excluding steroid dienone is 1. The molecule has 158 valence electrons. The van der Waals surface area contributed by atoms with Crippen molar-refractivity contribution in [2.75, 3.05) is 31.3 Å². The van der Waals surface area contributed by atoms with E-state index in [2.05, 4.69) is 49.6 Å². The summed E-state index contributed by atoms with van der Waals surface area (Å²) in [5.74, 6) is 2.31. The zero-order chi connectivity index (χ0) is 21.3. The van der Waals surface area contributed by atoms with Crippen LogP contribution in [-0.2, 0) is 6.54 Å². The van der Waals surface area contributed by atoms with Crippen LogP contribution in [0, 0.1) is 5.92 Å². The smallest absolute Gasteiger partial charge is 0.231 e. The topological polar surface area (TPSA) is 42.0 Å². The molecule has 0 amide bonds. The first-order chi connectivity index (χ1) is 14.5. The number of hydrogen-bond donors (Lipinski definition) is 0. The number of hydrogen-bond acceptors (Lipinski definition) is 5. The number of nitrogens with zero attached hydrogens (tertiary/aromatic N) is 2. The minimum Gasteiger partial charge on any atom is -0.478 e. The highest BCUT2D eigenvalue weighted by molar-refractivity contribution is 6.15. The summed E-state index contributed by atoms with van der Waals surface area (Å²) in [6.07, 6.45) is 1.83. The molecule has 0 bridgehead atoms. The van der Waals surface area contributed by atoms with Crippen molar-refractivity contribution in [3.05, 3.63) is 58.8 Å². The third-order valence-corrected chi connectivity index (χ3v) is 5.63. The van der Waals surface area contributed by atoms with Crippen LogP contribution in [0.3, 0.4) is 0 Å². The van der Waals surface area contributed by atoms with Crippen LogP contribution in [-0.4, -0.2) is 37.0 Å². The number of Topliss-reactive ketones (excluding diaryl/α,β-unsaturated/α-hetero) is 1. The van der Waals surface area contributed by atoms with E-state index in [1.54, 1.807) is 0 Å². The van der Waals surface area contributed by atoms with Gasteiger partial charge in [0.05, 0.1) is 11.1 Å². The van der Waals surface area contributed by atoms with Crippen LogP contribution in [0.1, 0.15) is 49.2 Å². The van der Waals surface area contributed by atoms with Gasteiger partial charge in [-0.1, -0.05) is 26.0 Å². The van der Waals surface area contributed by atoms with Gasteiger partial charge in [0.15, 0.2) is 5.76 Å². The third kappa shape index (κ3) is 3.94. The fraction of sp³-hybridized carbons (Fsp3) is 0.400. The van der Waals surface area contributed by atoms with E-state index in [0.717, 1.165) is 43.1 Å². The summed E-state index contributed by atoms with van der Waals surface area (Å²) in [4.78, 5) is 17.5. The number of carbonyl (C=O) groups excluding carboxylic acids is 1. The zero-order valence-corrected chi connectivity index (χ0v) is 18.3. The molecule has 0 radical (unpaired) electrons. The third-order valence-electron chi connectivity index (χ3n) is 5.63. The van der Waals surface area contributed by atoms with Gasteiger partial charge in [-0.3, -0.25) is 9.69 Å². The van der Waals surface area contributed by atoms with E-state index in [9.17, 15) is 4.79 Å². The average Bonchev–Trinajstić information content (AvgIpc) is 3.05. The molecule has 2 aliphatic rings. The van der Waals surface area contributed by atoms with E-state index >= 15 is 0 Å². The Hall–Kier alpha value is -2.79. The van der Waals surface area contributed by atoms with Crippen LogP contribution < -0.4 is 14.4 Å². The molecule has 0 saturated carbocycles. The largest absolute Gasteiger partial charge is 0.478 e. The minimum absolute atomic E-state index is 0.0680. The Kier molecular flexibility index (Phi) is 5.82. The first kappa shape index (κ1) is 20.5. The summed E-state index contributed by atoms with van der Waals surface area (Å²) >= 11 is 0. The van der Waals surface area contributed by atoms with Gasteiger partial charge in [-0.2, -0.15) is 0 Å². The molecular weight excluding hydrogens is 376 g/mol. The molecule has 0 N–H and O–H groups in total. The van der Waals surface area contributed by atoms with Crippen LogP contribution in [0.4, 0.5) is 5.69 Å². The predicted molar refractivity (Wildman–Crippen MR) is 120 cm³/mol. The van der Waals surface area contributed by atoms with Crippen LogP contribution in [0.25, 0.3) is 6.08 Å². The van der Waals surface area contributed by atoms with Gasteiger partial charge >= 0.3 is 0 Å². The van der Waals surface area contributed by atoms with Crippen LogP contribution in [0.5, 0.6) is 11.5 Å². The Morgan fingerprint density at radius 3 is 2.50 bits per heavy atom. The molecule has 0 atom stereocenters. The predicted octanol–water partition coefficient (Wildman–Crippen LogP) is 4.96. The maximum absolute atomic E-state index is 13.0. The highest BCUT2D eigenvalue weighted by atomic mass is 16.5. The SMILES string of the molecule is CCN(CC)c1ccc(/C=C2\Oc3c(ccc4c3CN(CC(C)C)CO4)C2=O)cc1. The van der Waals surface area contributed by atoms with Crippen LogP contribution in [0.15, 0.2) is 42.2 Å². The molecule has 0 aromatic heterocycles. The molecule has 5 heteroatoms. The lowest BCUT2D eigenvalue weighted by atomic mass is 10.0. The van der Waals surface area contributed by atoms with Gasteiger partial charge in [-0.05, 0) is 55.7 Å². The molecule has 0 unspecified atom stereocenters. The number of carbonyl (C=O) groups is 1. The molecule has 0 aliphatic carbocycles. The van der Waals surface area contributed by atoms with Crippen molar-refractivity contribution in [1.82, 2.24) is 4.90 Å². The Morgan fingerprint density at radius 1 is 1.10 bits per heavy atom. The van der Waals surface area contributed by atoms with Crippen LogP contribution >= 0.6 is 0 Å². The normalized spacial score (nSPS) is 17.0. The summed E-state index contributed by atoms with van der Waals surface area (Å²) in [7, 11) is 0.